The fraction of sp³-hybridized carbons (Fsp3) is 0.294. The highest BCUT2D eigenvalue weighted by atomic mass is 16.5. The second-order valence-electron chi connectivity index (χ2n) is 4.84. The third-order valence-electron chi connectivity index (χ3n) is 3.23. The Balaban J connectivity index is 2.03. The maximum atomic E-state index is 9.54. The summed E-state index contributed by atoms with van der Waals surface area (Å²) in [4.78, 5) is 0. The highest BCUT2D eigenvalue weighted by Gasteiger charge is 2.05. The molecule has 0 unspecified atom stereocenters. The van der Waals surface area contributed by atoms with E-state index in [-0.39, 0.29) is 0 Å². The number of ether oxygens (including phenoxy) is 2. The number of methoxy groups -OCH3 is 1. The van der Waals surface area contributed by atoms with Gasteiger partial charge < -0.3 is 14.6 Å². The summed E-state index contributed by atoms with van der Waals surface area (Å²) in [6.45, 7) is 4.25. The molecule has 0 saturated heterocycles. The smallest absolute Gasteiger partial charge is 0.122 e. The Morgan fingerprint density at radius 3 is 2.35 bits per heavy atom. The van der Waals surface area contributed by atoms with E-state index in [4.69, 9.17) is 9.47 Å². The maximum absolute atomic E-state index is 9.54. The molecule has 0 saturated carbocycles. The highest BCUT2D eigenvalue weighted by molar-refractivity contribution is 5.37. The second kappa shape index (κ2) is 6.44. The third-order valence-corrected chi connectivity index (χ3v) is 3.23. The van der Waals surface area contributed by atoms with E-state index in [1.807, 2.05) is 49.4 Å². The van der Waals surface area contributed by atoms with Crippen molar-refractivity contribution in [3.05, 3.63) is 59.2 Å². The van der Waals surface area contributed by atoms with Gasteiger partial charge in [-0.15, -0.1) is 0 Å². The number of rotatable bonds is 5. The first-order valence-electron chi connectivity index (χ1n) is 6.64. The van der Waals surface area contributed by atoms with Crippen LogP contribution in [-0.2, 0) is 6.61 Å². The van der Waals surface area contributed by atoms with Crippen LogP contribution in [0.1, 0.15) is 29.7 Å². The molecule has 0 radical (unpaired) electrons. The van der Waals surface area contributed by atoms with Gasteiger partial charge in [0.1, 0.15) is 18.1 Å². The molecule has 0 fully saturated rings. The van der Waals surface area contributed by atoms with E-state index in [9.17, 15) is 5.11 Å². The summed E-state index contributed by atoms with van der Waals surface area (Å²) in [7, 11) is 1.65. The van der Waals surface area contributed by atoms with Crippen molar-refractivity contribution in [2.45, 2.75) is 26.6 Å². The molecule has 20 heavy (non-hydrogen) atoms. The first-order chi connectivity index (χ1) is 9.60. The molecule has 1 N–H and O–H groups in total. The van der Waals surface area contributed by atoms with Crippen LogP contribution in [0.25, 0.3) is 0 Å². The van der Waals surface area contributed by atoms with E-state index < -0.39 is 6.10 Å². The van der Waals surface area contributed by atoms with Crippen molar-refractivity contribution in [1.82, 2.24) is 0 Å². The molecule has 106 valence electrons. The number of aliphatic hydroxyl groups is 1. The molecule has 0 bridgehead atoms. The number of hydrogen-bond acceptors (Lipinski definition) is 3. The molecular formula is C17H20O3. The van der Waals surface area contributed by atoms with Gasteiger partial charge >= 0.3 is 0 Å². The molecule has 1 atom stereocenters. The lowest BCUT2D eigenvalue weighted by atomic mass is 10.1. The van der Waals surface area contributed by atoms with Gasteiger partial charge in [0.15, 0.2) is 0 Å². The normalized spacial score (nSPS) is 12.0. The zero-order chi connectivity index (χ0) is 14.5. The van der Waals surface area contributed by atoms with Crippen molar-refractivity contribution >= 4 is 0 Å². The Morgan fingerprint density at radius 2 is 1.80 bits per heavy atom. The molecule has 0 spiro atoms. The number of aliphatic hydroxyl groups excluding tert-OH is 1. The predicted molar refractivity (Wildman–Crippen MR) is 79.1 cm³/mol. The van der Waals surface area contributed by atoms with Gasteiger partial charge in [-0.05, 0) is 54.8 Å². The number of benzene rings is 2. The van der Waals surface area contributed by atoms with Crippen LogP contribution in [0.4, 0.5) is 0 Å². The number of hydrogen-bond donors (Lipinski definition) is 1. The fourth-order valence-corrected chi connectivity index (χ4v) is 1.98. The third kappa shape index (κ3) is 3.52. The van der Waals surface area contributed by atoms with Crippen LogP contribution in [0.2, 0.25) is 0 Å². The Labute approximate surface area is 119 Å². The molecule has 0 aliphatic heterocycles. The monoisotopic (exact) mass is 272 g/mol. The van der Waals surface area contributed by atoms with Crippen LogP contribution in [0.3, 0.4) is 0 Å². The summed E-state index contributed by atoms with van der Waals surface area (Å²) >= 11 is 0. The maximum Gasteiger partial charge on any atom is 0.122 e. The van der Waals surface area contributed by atoms with Gasteiger partial charge in [-0.25, -0.2) is 0 Å². The average Bonchev–Trinajstić information content (AvgIpc) is 2.46. The van der Waals surface area contributed by atoms with Gasteiger partial charge in [-0.1, -0.05) is 18.2 Å². The molecule has 2 rings (SSSR count). The van der Waals surface area contributed by atoms with Crippen LogP contribution in [-0.4, -0.2) is 12.2 Å². The molecular weight excluding hydrogens is 252 g/mol. The summed E-state index contributed by atoms with van der Waals surface area (Å²) in [6, 6.07) is 13.6. The topological polar surface area (TPSA) is 38.7 Å². The first-order valence-corrected chi connectivity index (χ1v) is 6.64. The van der Waals surface area contributed by atoms with E-state index in [1.54, 1.807) is 14.0 Å². The highest BCUT2D eigenvalue weighted by Crippen LogP contribution is 2.23. The van der Waals surface area contributed by atoms with Gasteiger partial charge in [0.2, 0.25) is 0 Å². The summed E-state index contributed by atoms with van der Waals surface area (Å²) in [6.07, 6.45) is -0.454. The van der Waals surface area contributed by atoms with Crippen molar-refractivity contribution < 1.29 is 14.6 Å². The first kappa shape index (κ1) is 14.4. The largest absolute Gasteiger partial charge is 0.497 e. The number of aryl methyl sites for hydroxylation is 1. The van der Waals surface area contributed by atoms with Crippen LogP contribution in [0, 0.1) is 6.92 Å². The molecule has 0 aromatic heterocycles. The van der Waals surface area contributed by atoms with E-state index in [0.717, 1.165) is 28.2 Å². The van der Waals surface area contributed by atoms with Crippen LogP contribution in [0.15, 0.2) is 42.5 Å². The SMILES string of the molecule is COc1ccc(COc2ccc([C@H](C)O)cc2C)cc1. The standard InChI is InChI=1S/C17H20O3/c1-12-10-15(13(2)18)6-9-17(12)20-11-14-4-7-16(19-3)8-5-14/h4-10,13,18H,11H2,1-3H3/t13-/m0/s1. The molecule has 0 amide bonds. The summed E-state index contributed by atoms with van der Waals surface area (Å²) < 4.78 is 10.9. The van der Waals surface area contributed by atoms with E-state index in [1.165, 1.54) is 0 Å². The lowest BCUT2D eigenvalue weighted by molar-refractivity contribution is 0.199. The van der Waals surface area contributed by atoms with Gasteiger partial charge in [-0.3, -0.25) is 0 Å². The quantitative estimate of drug-likeness (QED) is 0.903. The molecule has 3 heteroatoms. The molecule has 3 nitrogen and oxygen atoms in total. The van der Waals surface area contributed by atoms with Crippen LogP contribution < -0.4 is 9.47 Å². The zero-order valence-electron chi connectivity index (χ0n) is 12.1. The summed E-state index contributed by atoms with van der Waals surface area (Å²) in [5, 5.41) is 9.54. The Bertz CT molecular complexity index is 559. The van der Waals surface area contributed by atoms with Crippen molar-refractivity contribution in [2.24, 2.45) is 0 Å². The zero-order valence-corrected chi connectivity index (χ0v) is 12.1. The van der Waals surface area contributed by atoms with Crippen molar-refractivity contribution in [3.8, 4) is 11.5 Å². The van der Waals surface area contributed by atoms with Crippen molar-refractivity contribution in [1.29, 1.82) is 0 Å². The fourth-order valence-electron chi connectivity index (χ4n) is 1.98. The van der Waals surface area contributed by atoms with E-state index in [0.29, 0.717) is 6.61 Å². The summed E-state index contributed by atoms with van der Waals surface area (Å²) in [5.41, 5.74) is 3.01. The molecule has 2 aromatic carbocycles. The minimum absolute atomic E-state index is 0.454. The molecule has 0 aliphatic carbocycles. The lowest BCUT2D eigenvalue weighted by Crippen LogP contribution is -1.99. The minimum Gasteiger partial charge on any atom is -0.497 e. The van der Waals surface area contributed by atoms with E-state index in [2.05, 4.69) is 0 Å². The Kier molecular flexibility index (Phi) is 4.64. The van der Waals surface area contributed by atoms with E-state index >= 15 is 0 Å². The van der Waals surface area contributed by atoms with Gasteiger partial charge in [0.25, 0.3) is 0 Å². The molecule has 0 heterocycles. The van der Waals surface area contributed by atoms with Crippen LogP contribution >= 0.6 is 0 Å². The average molecular weight is 272 g/mol. The lowest BCUT2D eigenvalue weighted by Gasteiger charge is -2.12. The van der Waals surface area contributed by atoms with Gasteiger partial charge in [-0.2, -0.15) is 0 Å². The molecule has 0 aliphatic rings. The van der Waals surface area contributed by atoms with Crippen molar-refractivity contribution in [3.63, 3.8) is 0 Å². The summed E-state index contributed by atoms with van der Waals surface area (Å²) in [5.74, 6) is 1.68. The van der Waals surface area contributed by atoms with Crippen LogP contribution in [0.5, 0.6) is 11.5 Å². The van der Waals surface area contributed by atoms with Gasteiger partial charge in [0, 0.05) is 0 Å². The van der Waals surface area contributed by atoms with Gasteiger partial charge in [0.05, 0.1) is 13.2 Å². The Hall–Kier alpha value is -2.00. The van der Waals surface area contributed by atoms with Crippen molar-refractivity contribution in [2.75, 3.05) is 7.11 Å². The second-order valence-corrected chi connectivity index (χ2v) is 4.84. The molecule has 2 aromatic rings. The predicted octanol–water partition coefficient (Wildman–Crippen LogP) is 3.64. The Morgan fingerprint density at radius 1 is 1.10 bits per heavy atom. The minimum atomic E-state index is -0.454.